The van der Waals surface area contributed by atoms with E-state index in [1.807, 2.05) is 25.1 Å². The van der Waals surface area contributed by atoms with Crippen LogP contribution in [0, 0.1) is 6.92 Å². The second-order valence-corrected chi connectivity index (χ2v) is 5.67. The number of benzene rings is 2. The summed E-state index contributed by atoms with van der Waals surface area (Å²) in [5, 5.41) is 10.3. The molecule has 3 aromatic rings. The lowest BCUT2D eigenvalue weighted by Crippen LogP contribution is -2.23. The summed E-state index contributed by atoms with van der Waals surface area (Å²) in [4.78, 5) is 12.4. The van der Waals surface area contributed by atoms with Crippen LogP contribution >= 0.6 is 0 Å². The molecule has 0 spiro atoms. The summed E-state index contributed by atoms with van der Waals surface area (Å²) in [5.41, 5.74) is 2.64. The number of fused-ring (bicyclic) bond motifs is 1. The zero-order chi connectivity index (χ0) is 18.7. The molecule has 0 radical (unpaired) electrons. The largest absolute Gasteiger partial charge is 0.493 e. The van der Waals surface area contributed by atoms with Crippen molar-refractivity contribution in [3.63, 3.8) is 0 Å². The number of hydrogen-bond donors (Lipinski definition) is 2. The quantitative estimate of drug-likeness (QED) is 0.705. The number of nitrogens with zero attached hydrogens (tertiary/aromatic N) is 1. The first-order chi connectivity index (χ1) is 12.5. The van der Waals surface area contributed by atoms with Gasteiger partial charge in [-0.15, -0.1) is 0 Å². The number of amides is 1. The number of hydrogen-bond acceptors (Lipinski definition) is 4. The van der Waals surface area contributed by atoms with Crippen molar-refractivity contribution in [1.29, 1.82) is 0 Å². The molecule has 1 heterocycles. The number of aromatic amines is 1. The van der Waals surface area contributed by atoms with Crippen LogP contribution in [0.1, 0.15) is 21.6 Å². The molecular formula is C18H17F2N3O3. The van der Waals surface area contributed by atoms with Gasteiger partial charge >= 0.3 is 6.61 Å². The van der Waals surface area contributed by atoms with Crippen LogP contribution in [0.15, 0.2) is 36.4 Å². The zero-order valence-electron chi connectivity index (χ0n) is 14.2. The molecule has 0 fully saturated rings. The summed E-state index contributed by atoms with van der Waals surface area (Å²) in [6, 6.07) is 10.2. The maximum absolute atomic E-state index is 12.5. The number of H-pyrrole nitrogens is 1. The van der Waals surface area contributed by atoms with Crippen molar-refractivity contribution in [3.05, 3.63) is 53.2 Å². The first-order valence-corrected chi connectivity index (χ1v) is 7.82. The molecule has 6 nitrogen and oxygen atoms in total. The fourth-order valence-electron chi connectivity index (χ4n) is 2.59. The SMILES string of the molecule is COc1ccc(CNC(=O)c2n[nH]c3ccc(C)cc23)cc1OC(F)F. The standard InChI is InChI=1S/C18H17F2N3O3/c1-10-3-5-13-12(7-10)16(23-22-13)17(24)21-9-11-4-6-14(25-2)15(8-11)26-18(19)20/h3-8,18H,9H2,1-2H3,(H,21,24)(H,22,23). The van der Waals surface area contributed by atoms with Crippen molar-refractivity contribution in [1.82, 2.24) is 15.5 Å². The minimum absolute atomic E-state index is 0.0879. The summed E-state index contributed by atoms with van der Waals surface area (Å²) < 4.78 is 34.4. The van der Waals surface area contributed by atoms with Crippen molar-refractivity contribution in [3.8, 4) is 11.5 Å². The van der Waals surface area contributed by atoms with Crippen LogP contribution < -0.4 is 14.8 Å². The molecule has 0 atom stereocenters. The van der Waals surface area contributed by atoms with Gasteiger partial charge in [0.15, 0.2) is 17.2 Å². The van der Waals surface area contributed by atoms with E-state index in [0.717, 1.165) is 16.5 Å². The maximum Gasteiger partial charge on any atom is 0.387 e. The van der Waals surface area contributed by atoms with E-state index in [1.54, 1.807) is 6.07 Å². The normalized spacial score (nSPS) is 11.0. The summed E-state index contributed by atoms with van der Waals surface area (Å²) in [5.74, 6) is -0.266. The van der Waals surface area contributed by atoms with Crippen molar-refractivity contribution in [2.45, 2.75) is 20.1 Å². The fraction of sp³-hybridized carbons (Fsp3) is 0.222. The molecule has 0 saturated heterocycles. The van der Waals surface area contributed by atoms with Crippen LogP contribution in [-0.4, -0.2) is 29.8 Å². The molecule has 0 bridgehead atoms. The first-order valence-electron chi connectivity index (χ1n) is 7.82. The molecule has 0 saturated carbocycles. The van der Waals surface area contributed by atoms with Gasteiger partial charge in [-0.3, -0.25) is 9.89 Å². The fourth-order valence-corrected chi connectivity index (χ4v) is 2.59. The van der Waals surface area contributed by atoms with Crippen LogP contribution in [0.3, 0.4) is 0 Å². The lowest BCUT2D eigenvalue weighted by molar-refractivity contribution is -0.0512. The molecule has 2 N–H and O–H groups in total. The number of alkyl halides is 2. The zero-order valence-corrected chi connectivity index (χ0v) is 14.2. The van der Waals surface area contributed by atoms with Crippen LogP contribution in [-0.2, 0) is 6.54 Å². The Labute approximate surface area is 148 Å². The third-order valence-electron chi connectivity index (χ3n) is 3.83. The molecule has 2 aromatic carbocycles. The molecular weight excluding hydrogens is 344 g/mol. The number of nitrogens with one attached hydrogen (secondary N) is 2. The van der Waals surface area contributed by atoms with E-state index >= 15 is 0 Å². The molecule has 0 aliphatic heterocycles. The van der Waals surface area contributed by atoms with Crippen molar-refractivity contribution < 1.29 is 23.0 Å². The first kappa shape index (κ1) is 17.7. The number of aryl methyl sites for hydroxylation is 1. The van der Waals surface area contributed by atoms with Crippen LogP contribution in [0.25, 0.3) is 10.9 Å². The Morgan fingerprint density at radius 2 is 2.04 bits per heavy atom. The molecule has 0 aliphatic carbocycles. The molecule has 1 amide bonds. The number of carbonyl (C=O) groups is 1. The highest BCUT2D eigenvalue weighted by atomic mass is 19.3. The number of rotatable bonds is 6. The van der Waals surface area contributed by atoms with Gasteiger partial charge in [-0.25, -0.2) is 0 Å². The Bertz CT molecular complexity index is 941. The lowest BCUT2D eigenvalue weighted by Gasteiger charge is -2.12. The van der Waals surface area contributed by atoms with Gasteiger partial charge in [-0.2, -0.15) is 13.9 Å². The van der Waals surface area contributed by atoms with Crippen molar-refractivity contribution in [2.24, 2.45) is 0 Å². The number of methoxy groups -OCH3 is 1. The highest BCUT2D eigenvalue weighted by Crippen LogP contribution is 2.29. The molecule has 8 heteroatoms. The molecule has 0 aliphatic rings. The van der Waals surface area contributed by atoms with Crippen LogP contribution in [0.2, 0.25) is 0 Å². The Balaban J connectivity index is 1.75. The Kier molecular flexibility index (Phi) is 5.01. The molecule has 0 unspecified atom stereocenters. The number of halogens is 2. The van der Waals surface area contributed by atoms with E-state index in [4.69, 9.17) is 4.74 Å². The Hall–Kier alpha value is -3.16. The number of aromatic nitrogens is 2. The monoisotopic (exact) mass is 361 g/mol. The van der Waals surface area contributed by atoms with Gasteiger partial charge in [0.25, 0.3) is 5.91 Å². The van der Waals surface area contributed by atoms with E-state index in [0.29, 0.717) is 5.56 Å². The smallest absolute Gasteiger partial charge is 0.387 e. The molecule has 26 heavy (non-hydrogen) atoms. The van der Waals surface area contributed by atoms with E-state index in [1.165, 1.54) is 19.2 Å². The van der Waals surface area contributed by atoms with Gasteiger partial charge in [0.05, 0.1) is 12.6 Å². The summed E-state index contributed by atoms with van der Waals surface area (Å²) in [7, 11) is 1.36. The Morgan fingerprint density at radius 3 is 2.77 bits per heavy atom. The predicted molar refractivity (Wildman–Crippen MR) is 91.6 cm³/mol. The summed E-state index contributed by atoms with van der Waals surface area (Å²) in [6.07, 6.45) is 0. The highest BCUT2D eigenvalue weighted by molar-refractivity contribution is 6.04. The van der Waals surface area contributed by atoms with Gasteiger partial charge in [0.2, 0.25) is 0 Å². The average Bonchev–Trinajstić information content (AvgIpc) is 3.02. The van der Waals surface area contributed by atoms with Gasteiger partial charge in [0.1, 0.15) is 0 Å². The summed E-state index contributed by atoms with van der Waals surface area (Å²) in [6.45, 7) is -0.911. The maximum atomic E-state index is 12.5. The van der Waals surface area contributed by atoms with Crippen LogP contribution in [0.4, 0.5) is 8.78 Å². The summed E-state index contributed by atoms with van der Waals surface area (Å²) >= 11 is 0. The molecule has 1 aromatic heterocycles. The lowest BCUT2D eigenvalue weighted by atomic mass is 10.1. The topological polar surface area (TPSA) is 76.2 Å². The highest BCUT2D eigenvalue weighted by Gasteiger charge is 2.15. The van der Waals surface area contributed by atoms with E-state index in [9.17, 15) is 13.6 Å². The van der Waals surface area contributed by atoms with Crippen LogP contribution in [0.5, 0.6) is 11.5 Å². The van der Waals surface area contributed by atoms with Gasteiger partial charge in [-0.1, -0.05) is 17.7 Å². The second kappa shape index (κ2) is 7.38. The van der Waals surface area contributed by atoms with Gasteiger partial charge in [0, 0.05) is 11.9 Å². The predicted octanol–water partition coefficient (Wildman–Crippen LogP) is 3.41. The van der Waals surface area contributed by atoms with Gasteiger partial charge in [-0.05, 0) is 36.8 Å². The van der Waals surface area contributed by atoms with Crippen molar-refractivity contribution in [2.75, 3.05) is 7.11 Å². The number of ether oxygens (including phenoxy) is 2. The molecule has 136 valence electrons. The van der Waals surface area contributed by atoms with E-state index in [-0.39, 0.29) is 29.6 Å². The van der Waals surface area contributed by atoms with Gasteiger partial charge < -0.3 is 14.8 Å². The minimum atomic E-state index is -2.97. The third-order valence-corrected chi connectivity index (χ3v) is 3.83. The van der Waals surface area contributed by atoms with Crippen molar-refractivity contribution >= 4 is 16.8 Å². The minimum Gasteiger partial charge on any atom is -0.493 e. The Morgan fingerprint density at radius 1 is 1.23 bits per heavy atom. The second-order valence-electron chi connectivity index (χ2n) is 5.67. The third kappa shape index (κ3) is 3.74. The average molecular weight is 361 g/mol. The molecule has 3 rings (SSSR count). The van der Waals surface area contributed by atoms with E-state index < -0.39 is 6.61 Å². The number of carbonyl (C=O) groups excluding carboxylic acids is 1. The van der Waals surface area contributed by atoms with E-state index in [2.05, 4.69) is 20.3 Å².